The third-order valence-corrected chi connectivity index (χ3v) is 4.30. The first-order valence-corrected chi connectivity index (χ1v) is 7.75. The van der Waals surface area contributed by atoms with Gasteiger partial charge in [0.25, 0.3) is 0 Å². The van der Waals surface area contributed by atoms with Gasteiger partial charge in [-0.25, -0.2) is 0 Å². The highest BCUT2D eigenvalue weighted by molar-refractivity contribution is 5.97. The van der Waals surface area contributed by atoms with E-state index in [1.54, 1.807) is 10.2 Å². The molecule has 1 aromatic rings. The van der Waals surface area contributed by atoms with Gasteiger partial charge in [0.15, 0.2) is 0 Å². The fourth-order valence-corrected chi connectivity index (χ4v) is 3.08. The molecule has 1 aromatic carbocycles. The molecule has 0 unspecified atom stereocenters. The number of nitrogens with zero attached hydrogens (tertiary/aromatic N) is 1. The number of halogens is 3. The largest absolute Gasteiger partial charge is 0.405 e. The zero-order valence-corrected chi connectivity index (χ0v) is 13.7. The van der Waals surface area contributed by atoms with Crippen LogP contribution in [0, 0.1) is 5.41 Å². The molecule has 0 radical (unpaired) electrons. The summed E-state index contributed by atoms with van der Waals surface area (Å²) >= 11 is 0. The van der Waals surface area contributed by atoms with E-state index in [2.05, 4.69) is 0 Å². The van der Waals surface area contributed by atoms with Crippen molar-refractivity contribution in [1.29, 1.82) is 0 Å². The fourth-order valence-electron chi connectivity index (χ4n) is 3.08. The average Bonchev–Trinajstić information content (AvgIpc) is 2.81. The number of hydrogen-bond donors (Lipinski definition) is 1. The molecule has 7 heteroatoms. The Bertz CT molecular complexity index is 600. The molecule has 1 N–H and O–H groups in total. The highest BCUT2D eigenvalue weighted by atomic mass is 19.4. The number of carbonyl (C=O) groups is 2. The van der Waals surface area contributed by atoms with Crippen molar-refractivity contribution in [2.24, 2.45) is 5.41 Å². The van der Waals surface area contributed by atoms with E-state index in [1.807, 2.05) is 44.2 Å². The maximum atomic E-state index is 12.2. The number of likely N-dealkylation sites (tertiary alicyclic amines) is 1. The van der Waals surface area contributed by atoms with Crippen molar-refractivity contribution in [1.82, 2.24) is 10.2 Å². The Morgan fingerprint density at radius 3 is 2.46 bits per heavy atom. The van der Waals surface area contributed by atoms with Gasteiger partial charge in [-0.1, -0.05) is 44.2 Å². The minimum Gasteiger partial charge on any atom is -0.347 e. The molecule has 0 spiro atoms. The van der Waals surface area contributed by atoms with Crippen LogP contribution in [0.4, 0.5) is 13.2 Å². The molecule has 132 valence electrons. The molecule has 0 saturated carbocycles. The number of nitrogens with one attached hydrogen (secondary N) is 1. The molecule has 0 bridgehead atoms. The first kappa shape index (κ1) is 18.3. The molecular weight excluding hydrogens is 321 g/mol. The third-order valence-electron chi connectivity index (χ3n) is 4.30. The molecule has 1 heterocycles. The van der Waals surface area contributed by atoms with Gasteiger partial charge in [0.1, 0.15) is 13.0 Å². The van der Waals surface area contributed by atoms with Gasteiger partial charge >= 0.3 is 6.18 Å². The van der Waals surface area contributed by atoms with Crippen molar-refractivity contribution >= 4 is 11.8 Å². The molecule has 2 rings (SSSR count). The highest BCUT2D eigenvalue weighted by Crippen LogP contribution is 2.42. The number of alkyl halides is 3. The molecule has 1 atom stereocenters. The lowest BCUT2D eigenvalue weighted by molar-refractivity contribution is -0.143. The number of benzene rings is 1. The van der Waals surface area contributed by atoms with Gasteiger partial charge in [0.05, 0.1) is 0 Å². The molecule has 0 aliphatic carbocycles. The van der Waals surface area contributed by atoms with E-state index in [4.69, 9.17) is 0 Å². The Morgan fingerprint density at radius 1 is 1.25 bits per heavy atom. The lowest BCUT2D eigenvalue weighted by Gasteiger charge is -2.25. The zero-order valence-electron chi connectivity index (χ0n) is 13.7. The summed E-state index contributed by atoms with van der Waals surface area (Å²) in [6.45, 7) is 3.60. The highest BCUT2D eigenvalue weighted by Gasteiger charge is 2.42. The maximum absolute atomic E-state index is 12.2. The van der Waals surface area contributed by atoms with E-state index in [0.29, 0.717) is 13.1 Å². The second-order valence-electron chi connectivity index (χ2n) is 6.79. The number of rotatable bonds is 4. The van der Waals surface area contributed by atoms with E-state index in [-0.39, 0.29) is 11.3 Å². The predicted molar refractivity (Wildman–Crippen MR) is 83.2 cm³/mol. The van der Waals surface area contributed by atoms with Crippen LogP contribution in [-0.2, 0) is 9.59 Å². The van der Waals surface area contributed by atoms with Crippen LogP contribution in [0.1, 0.15) is 31.7 Å². The van der Waals surface area contributed by atoms with Gasteiger partial charge in [0.2, 0.25) is 11.8 Å². The van der Waals surface area contributed by atoms with E-state index < -0.39 is 31.0 Å². The molecule has 1 fully saturated rings. The van der Waals surface area contributed by atoms with E-state index >= 15 is 0 Å². The Balaban J connectivity index is 1.96. The number of carbonyl (C=O) groups excluding carboxylic acids is 2. The summed E-state index contributed by atoms with van der Waals surface area (Å²) in [5.41, 5.74) is 0.943. The Hall–Kier alpha value is -2.05. The van der Waals surface area contributed by atoms with Gasteiger partial charge in [-0.05, 0) is 11.0 Å². The maximum Gasteiger partial charge on any atom is 0.405 e. The topological polar surface area (TPSA) is 49.4 Å². The van der Waals surface area contributed by atoms with Crippen molar-refractivity contribution in [2.45, 2.75) is 32.4 Å². The minimum absolute atomic E-state index is 0.126. The Labute approximate surface area is 139 Å². The molecule has 4 nitrogen and oxygen atoms in total. The monoisotopic (exact) mass is 342 g/mol. The normalized spacial score (nSPS) is 20.0. The van der Waals surface area contributed by atoms with Crippen LogP contribution >= 0.6 is 0 Å². The minimum atomic E-state index is -4.48. The van der Waals surface area contributed by atoms with Crippen LogP contribution in [-0.4, -0.2) is 42.5 Å². The fraction of sp³-hybridized carbons (Fsp3) is 0.529. The van der Waals surface area contributed by atoms with E-state index in [9.17, 15) is 22.8 Å². The summed E-state index contributed by atoms with van der Waals surface area (Å²) in [5.74, 6) is -1.22. The first-order valence-electron chi connectivity index (χ1n) is 7.75. The van der Waals surface area contributed by atoms with Crippen LogP contribution in [0.25, 0.3) is 0 Å². The average molecular weight is 342 g/mol. The van der Waals surface area contributed by atoms with Crippen molar-refractivity contribution in [3.05, 3.63) is 35.9 Å². The summed E-state index contributed by atoms with van der Waals surface area (Å²) in [7, 11) is 0. The summed E-state index contributed by atoms with van der Waals surface area (Å²) in [6, 6.07) is 9.77. The summed E-state index contributed by atoms with van der Waals surface area (Å²) in [6.07, 6.45) is -5.04. The summed E-state index contributed by atoms with van der Waals surface area (Å²) in [5, 5.41) is 1.73. The van der Waals surface area contributed by atoms with E-state index in [1.165, 1.54) is 0 Å². The molecule has 1 saturated heterocycles. The molecular formula is C17H21F3N2O2. The molecule has 0 aromatic heterocycles. The lowest BCUT2D eigenvalue weighted by Crippen LogP contribution is -2.38. The molecule has 1 aliphatic rings. The molecule has 24 heavy (non-hydrogen) atoms. The number of amides is 2. The summed E-state index contributed by atoms with van der Waals surface area (Å²) in [4.78, 5) is 25.3. The Morgan fingerprint density at radius 2 is 1.88 bits per heavy atom. The zero-order chi connectivity index (χ0) is 18.0. The van der Waals surface area contributed by atoms with Gasteiger partial charge in [0, 0.05) is 19.0 Å². The van der Waals surface area contributed by atoms with Crippen molar-refractivity contribution in [2.75, 3.05) is 19.6 Å². The second kappa shape index (κ2) is 6.83. The molecule has 2 amide bonds. The van der Waals surface area contributed by atoms with Gasteiger partial charge in [-0.3, -0.25) is 9.59 Å². The standard InChI is InChI=1S/C17H21F3N2O2/c1-16(2)11-22(9-13(16)12-6-4-3-5-7-12)15(24)8-14(23)21-10-17(18,19)20/h3-7,13H,8-11H2,1-2H3,(H,21,23)/t13-/m1/s1. The van der Waals surface area contributed by atoms with E-state index in [0.717, 1.165) is 5.56 Å². The lowest BCUT2D eigenvalue weighted by atomic mass is 9.78. The first-order chi connectivity index (χ1) is 11.1. The Kier molecular flexibility index (Phi) is 5.20. The van der Waals surface area contributed by atoms with Gasteiger partial charge < -0.3 is 10.2 Å². The molecule has 1 aliphatic heterocycles. The predicted octanol–water partition coefficient (Wildman–Crippen LogP) is 2.71. The smallest absolute Gasteiger partial charge is 0.347 e. The van der Waals surface area contributed by atoms with Crippen LogP contribution < -0.4 is 5.32 Å². The van der Waals surface area contributed by atoms with Crippen molar-refractivity contribution < 1.29 is 22.8 Å². The summed E-state index contributed by atoms with van der Waals surface area (Å²) < 4.78 is 36.3. The van der Waals surface area contributed by atoms with Gasteiger partial charge in [-0.2, -0.15) is 13.2 Å². The van der Waals surface area contributed by atoms with Crippen LogP contribution in [0.3, 0.4) is 0 Å². The quantitative estimate of drug-likeness (QED) is 0.856. The van der Waals surface area contributed by atoms with Crippen LogP contribution in [0.5, 0.6) is 0 Å². The van der Waals surface area contributed by atoms with Crippen LogP contribution in [0.2, 0.25) is 0 Å². The van der Waals surface area contributed by atoms with Crippen LogP contribution in [0.15, 0.2) is 30.3 Å². The number of hydrogen-bond acceptors (Lipinski definition) is 2. The van der Waals surface area contributed by atoms with Crippen molar-refractivity contribution in [3.63, 3.8) is 0 Å². The van der Waals surface area contributed by atoms with Crippen molar-refractivity contribution in [3.8, 4) is 0 Å². The third kappa shape index (κ3) is 4.72. The SMILES string of the molecule is CC1(C)CN(C(=O)CC(=O)NCC(F)(F)F)C[C@@H]1c1ccccc1. The second-order valence-corrected chi connectivity index (χ2v) is 6.79. The van der Waals surface area contributed by atoms with Gasteiger partial charge in [-0.15, -0.1) is 0 Å².